The minimum absolute atomic E-state index is 0.241. The molecule has 1 aromatic rings. The molecule has 24 heavy (non-hydrogen) atoms. The number of carbonyl (C=O) groups is 2. The van der Waals surface area contributed by atoms with Crippen LogP contribution in [0.1, 0.15) is 26.3 Å². The zero-order valence-corrected chi connectivity index (χ0v) is 15.4. The SMILES string of the molecule is CC(C)[C@H]1CN([C@@H](C)C(=O)NC(=O)NCc2ccccc2)CCS1. The van der Waals surface area contributed by atoms with E-state index in [9.17, 15) is 9.59 Å². The molecule has 0 radical (unpaired) electrons. The van der Waals surface area contributed by atoms with Gasteiger partial charge in [-0.3, -0.25) is 15.0 Å². The lowest BCUT2D eigenvalue weighted by Gasteiger charge is -2.37. The van der Waals surface area contributed by atoms with E-state index >= 15 is 0 Å². The number of nitrogens with zero attached hydrogens (tertiary/aromatic N) is 1. The highest BCUT2D eigenvalue weighted by Gasteiger charge is 2.29. The minimum Gasteiger partial charge on any atom is -0.334 e. The van der Waals surface area contributed by atoms with Crippen molar-refractivity contribution in [1.29, 1.82) is 0 Å². The monoisotopic (exact) mass is 349 g/mol. The van der Waals surface area contributed by atoms with Gasteiger partial charge in [0, 0.05) is 30.6 Å². The van der Waals surface area contributed by atoms with Gasteiger partial charge in [-0.2, -0.15) is 11.8 Å². The number of imide groups is 1. The number of nitrogens with one attached hydrogen (secondary N) is 2. The molecule has 2 atom stereocenters. The minimum atomic E-state index is -0.442. The van der Waals surface area contributed by atoms with Crippen molar-refractivity contribution in [3.8, 4) is 0 Å². The average molecular weight is 350 g/mol. The molecule has 0 aromatic heterocycles. The van der Waals surface area contributed by atoms with Crippen LogP contribution in [0.3, 0.4) is 0 Å². The van der Waals surface area contributed by atoms with E-state index in [0.29, 0.717) is 17.7 Å². The van der Waals surface area contributed by atoms with Crippen molar-refractivity contribution >= 4 is 23.7 Å². The highest BCUT2D eigenvalue weighted by Crippen LogP contribution is 2.25. The molecule has 2 rings (SSSR count). The van der Waals surface area contributed by atoms with Crippen LogP contribution in [0.2, 0.25) is 0 Å². The topological polar surface area (TPSA) is 61.4 Å². The largest absolute Gasteiger partial charge is 0.334 e. The van der Waals surface area contributed by atoms with Gasteiger partial charge in [0.2, 0.25) is 5.91 Å². The molecule has 1 aliphatic rings. The van der Waals surface area contributed by atoms with E-state index in [1.165, 1.54) is 0 Å². The van der Waals surface area contributed by atoms with Gasteiger partial charge in [-0.1, -0.05) is 44.2 Å². The summed E-state index contributed by atoms with van der Waals surface area (Å²) in [6, 6.07) is 8.89. The fourth-order valence-electron chi connectivity index (χ4n) is 2.66. The summed E-state index contributed by atoms with van der Waals surface area (Å²) in [4.78, 5) is 26.4. The maximum atomic E-state index is 12.3. The zero-order chi connectivity index (χ0) is 17.5. The number of benzene rings is 1. The molecule has 1 fully saturated rings. The Hall–Kier alpha value is -1.53. The van der Waals surface area contributed by atoms with Crippen molar-refractivity contribution in [1.82, 2.24) is 15.5 Å². The molecule has 2 N–H and O–H groups in total. The van der Waals surface area contributed by atoms with Crippen molar-refractivity contribution in [3.63, 3.8) is 0 Å². The first-order chi connectivity index (χ1) is 11.5. The third-order valence-electron chi connectivity index (χ3n) is 4.33. The Morgan fingerprint density at radius 2 is 1.96 bits per heavy atom. The molecule has 132 valence electrons. The van der Waals surface area contributed by atoms with E-state index in [1.807, 2.05) is 49.0 Å². The van der Waals surface area contributed by atoms with Crippen LogP contribution in [0.15, 0.2) is 30.3 Å². The summed E-state index contributed by atoms with van der Waals surface area (Å²) < 4.78 is 0. The zero-order valence-electron chi connectivity index (χ0n) is 14.6. The van der Waals surface area contributed by atoms with Gasteiger partial charge in [-0.15, -0.1) is 0 Å². The van der Waals surface area contributed by atoms with E-state index in [-0.39, 0.29) is 11.9 Å². The number of hydrogen-bond donors (Lipinski definition) is 2. The molecule has 1 aliphatic heterocycles. The predicted octanol–water partition coefficient (Wildman–Crippen LogP) is 2.47. The Bertz CT molecular complexity index is 550. The number of urea groups is 1. The molecule has 1 heterocycles. The molecular weight excluding hydrogens is 322 g/mol. The lowest BCUT2D eigenvalue weighted by atomic mass is 10.1. The normalized spacial score (nSPS) is 19.8. The van der Waals surface area contributed by atoms with Gasteiger partial charge in [0.05, 0.1) is 6.04 Å². The van der Waals surface area contributed by atoms with Gasteiger partial charge in [-0.05, 0) is 18.4 Å². The fraction of sp³-hybridized carbons (Fsp3) is 0.556. The van der Waals surface area contributed by atoms with E-state index < -0.39 is 6.03 Å². The molecule has 1 aromatic carbocycles. The summed E-state index contributed by atoms with van der Waals surface area (Å²) in [5, 5.41) is 5.72. The van der Waals surface area contributed by atoms with Gasteiger partial charge in [0.25, 0.3) is 0 Å². The Labute approximate surface area is 148 Å². The van der Waals surface area contributed by atoms with Crippen LogP contribution in [0.4, 0.5) is 4.79 Å². The first kappa shape index (κ1) is 18.8. The second-order valence-electron chi connectivity index (χ2n) is 6.48. The molecule has 0 aliphatic carbocycles. The second-order valence-corrected chi connectivity index (χ2v) is 7.83. The maximum Gasteiger partial charge on any atom is 0.321 e. The van der Waals surface area contributed by atoms with Crippen molar-refractivity contribution in [2.45, 2.75) is 38.6 Å². The lowest BCUT2D eigenvalue weighted by molar-refractivity contribution is -0.124. The van der Waals surface area contributed by atoms with Gasteiger partial charge < -0.3 is 5.32 Å². The molecule has 6 heteroatoms. The van der Waals surface area contributed by atoms with Crippen LogP contribution >= 0.6 is 11.8 Å². The third-order valence-corrected chi connectivity index (χ3v) is 5.87. The Morgan fingerprint density at radius 1 is 1.25 bits per heavy atom. The van der Waals surface area contributed by atoms with Crippen molar-refractivity contribution in [3.05, 3.63) is 35.9 Å². The summed E-state index contributed by atoms with van der Waals surface area (Å²) in [6.45, 7) is 8.47. The maximum absolute atomic E-state index is 12.3. The molecule has 3 amide bonds. The van der Waals surface area contributed by atoms with Crippen LogP contribution in [-0.4, -0.2) is 47.0 Å². The molecule has 0 spiro atoms. The molecule has 1 saturated heterocycles. The summed E-state index contributed by atoms with van der Waals surface area (Å²) in [6.07, 6.45) is 0. The van der Waals surface area contributed by atoms with Gasteiger partial charge >= 0.3 is 6.03 Å². The molecule has 0 unspecified atom stereocenters. The number of amides is 3. The van der Waals surface area contributed by atoms with Crippen LogP contribution in [0.5, 0.6) is 0 Å². The Kier molecular flexibility index (Phi) is 7.12. The second kappa shape index (κ2) is 9.08. The Morgan fingerprint density at radius 3 is 2.62 bits per heavy atom. The molecule has 0 saturated carbocycles. The first-order valence-electron chi connectivity index (χ1n) is 8.45. The highest BCUT2D eigenvalue weighted by atomic mass is 32.2. The third kappa shape index (κ3) is 5.53. The predicted molar refractivity (Wildman–Crippen MR) is 98.9 cm³/mol. The summed E-state index contributed by atoms with van der Waals surface area (Å²) >= 11 is 1.97. The summed E-state index contributed by atoms with van der Waals surface area (Å²) in [7, 11) is 0. The smallest absolute Gasteiger partial charge is 0.321 e. The van der Waals surface area contributed by atoms with E-state index in [1.54, 1.807) is 0 Å². The van der Waals surface area contributed by atoms with E-state index in [0.717, 1.165) is 24.4 Å². The van der Waals surface area contributed by atoms with Gasteiger partial charge in [0.1, 0.15) is 0 Å². The standard InChI is InChI=1S/C18H27N3O2S/c1-13(2)16-12-21(9-10-24-16)14(3)17(22)20-18(23)19-11-15-7-5-4-6-8-15/h4-8,13-14,16H,9-12H2,1-3H3,(H2,19,20,22,23)/t14-,16+/m0/s1. The average Bonchev–Trinajstić information content (AvgIpc) is 2.60. The van der Waals surface area contributed by atoms with Crippen molar-refractivity contribution in [2.75, 3.05) is 18.8 Å². The van der Waals surface area contributed by atoms with Crippen LogP contribution < -0.4 is 10.6 Å². The van der Waals surface area contributed by atoms with Crippen LogP contribution in [-0.2, 0) is 11.3 Å². The fourth-order valence-corrected chi connectivity index (χ4v) is 3.98. The number of hydrogen-bond acceptors (Lipinski definition) is 4. The number of rotatable bonds is 5. The Balaban J connectivity index is 1.79. The van der Waals surface area contributed by atoms with Crippen LogP contribution in [0, 0.1) is 5.92 Å². The van der Waals surface area contributed by atoms with E-state index in [4.69, 9.17) is 0 Å². The quantitative estimate of drug-likeness (QED) is 0.857. The van der Waals surface area contributed by atoms with Gasteiger partial charge in [-0.25, -0.2) is 4.79 Å². The highest BCUT2D eigenvalue weighted by molar-refractivity contribution is 8.00. The summed E-state index contributed by atoms with van der Waals surface area (Å²) in [5.41, 5.74) is 1.00. The number of carbonyl (C=O) groups excluding carboxylic acids is 2. The van der Waals surface area contributed by atoms with Gasteiger partial charge in [0.15, 0.2) is 0 Å². The molecule has 5 nitrogen and oxygen atoms in total. The molecular formula is C18H27N3O2S. The van der Waals surface area contributed by atoms with E-state index in [2.05, 4.69) is 29.4 Å². The molecule has 0 bridgehead atoms. The van der Waals surface area contributed by atoms with Crippen molar-refractivity contribution < 1.29 is 9.59 Å². The lowest BCUT2D eigenvalue weighted by Crippen LogP contribution is -2.53. The summed E-state index contributed by atoms with van der Waals surface area (Å²) in [5.74, 6) is 1.37. The number of thioether (sulfide) groups is 1. The first-order valence-corrected chi connectivity index (χ1v) is 9.50. The van der Waals surface area contributed by atoms with Crippen molar-refractivity contribution in [2.24, 2.45) is 5.92 Å². The van der Waals surface area contributed by atoms with Crippen LogP contribution in [0.25, 0.3) is 0 Å².